The minimum Gasteiger partial charge on any atom is -0.352 e. The van der Waals surface area contributed by atoms with Gasteiger partial charge in [-0.1, -0.05) is 23.9 Å². The summed E-state index contributed by atoms with van der Waals surface area (Å²) >= 11 is 1.01. The number of carbonyl (C=O) groups is 3. The molecule has 2 rings (SSSR count). The smallest absolute Gasteiger partial charge is 0.289 e. The normalized spacial score (nSPS) is 13.9. The third-order valence-electron chi connectivity index (χ3n) is 3.26. The molecule has 1 heterocycles. The van der Waals surface area contributed by atoms with E-state index in [9.17, 15) is 14.4 Å². The quantitative estimate of drug-likeness (QED) is 0.725. The second-order valence-corrected chi connectivity index (χ2v) is 5.87. The summed E-state index contributed by atoms with van der Waals surface area (Å²) in [6.07, 6.45) is 0.857. The van der Waals surface area contributed by atoms with Crippen molar-refractivity contribution in [2.24, 2.45) is 0 Å². The Labute approximate surface area is 145 Å². The Bertz CT molecular complexity index is 567. The lowest BCUT2D eigenvalue weighted by molar-refractivity contribution is -0.125. The number of hydrogen-bond donors (Lipinski definition) is 2. The van der Waals surface area contributed by atoms with E-state index in [0.717, 1.165) is 30.3 Å². The highest BCUT2D eigenvalue weighted by Crippen LogP contribution is 2.21. The molecular formula is C15H20ClN3O3S. The number of halogens is 1. The summed E-state index contributed by atoms with van der Waals surface area (Å²) in [5, 5.41) is 5.63. The molecule has 8 heteroatoms. The Hall–Kier alpha value is -1.57. The van der Waals surface area contributed by atoms with Gasteiger partial charge in [-0.15, -0.1) is 12.4 Å². The highest BCUT2D eigenvalue weighted by atomic mass is 35.5. The van der Waals surface area contributed by atoms with Crippen molar-refractivity contribution >= 4 is 41.2 Å². The maximum Gasteiger partial charge on any atom is 0.289 e. The van der Waals surface area contributed by atoms with Gasteiger partial charge in [0.2, 0.25) is 5.91 Å². The number of thioether (sulfide) groups is 1. The van der Waals surface area contributed by atoms with Crippen LogP contribution in [0.15, 0.2) is 24.3 Å². The Kier molecular flexibility index (Phi) is 8.08. The van der Waals surface area contributed by atoms with Crippen LogP contribution in [0.1, 0.15) is 22.3 Å². The number of amides is 3. The molecule has 0 aliphatic carbocycles. The van der Waals surface area contributed by atoms with E-state index in [4.69, 9.17) is 0 Å². The molecule has 1 saturated heterocycles. The van der Waals surface area contributed by atoms with E-state index >= 15 is 0 Å². The highest BCUT2D eigenvalue weighted by molar-refractivity contribution is 8.14. The van der Waals surface area contributed by atoms with Crippen molar-refractivity contribution in [3.8, 4) is 0 Å². The number of nitrogens with zero attached hydrogens (tertiary/aromatic N) is 1. The highest BCUT2D eigenvalue weighted by Gasteiger charge is 2.29. The molecule has 0 saturated carbocycles. The molecule has 0 aromatic heterocycles. The van der Waals surface area contributed by atoms with E-state index in [1.54, 1.807) is 24.3 Å². The molecule has 0 atom stereocenters. The van der Waals surface area contributed by atoms with Crippen LogP contribution in [0.2, 0.25) is 0 Å². The molecule has 3 amide bonds. The third kappa shape index (κ3) is 5.53. The summed E-state index contributed by atoms with van der Waals surface area (Å²) in [7, 11) is 1.87. The first kappa shape index (κ1) is 19.5. The zero-order valence-electron chi connectivity index (χ0n) is 12.8. The maximum absolute atomic E-state index is 12.0. The standard InChI is InChI=1S/C15H19N3O3S.ClH/c1-16-6-3-7-17-14(20)12-5-2-4-11(8-12)9-18-13(19)10-22-15(18)21;/h2,4-5,8,16H,3,6-7,9-10H2,1H3,(H,17,20);1H. The lowest BCUT2D eigenvalue weighted by Gasteiger charge is -2.13. The van der Waals surface area contributed by atoms with Crippen LogP contribution in [0.3, 0.4) is 0 Å². The van der Waals surface area contributed by atoms with Gasteiger partial charge in [0.05, 0.1) is 12.3 Å². The first-order valence-electron chi connectivity index (χ1n) is 7.10. The maximum atomic E-state index is 12.0. The van der Waals surface area contributed by atoms with Crippen molar-refractivity contribution in [3.05, 3.63) is 35.4 Å². The second-order valence-electron chi connectivity index (χ2n) is 4.95. The molecule has 1 aromatic carbocycles. The van der Waals surface area contributed by atoms with Gasteiger partial charge in [-0.05, 0) is 37.7 Å². The van der Waals surface area contributed by atoms with Gasteiger partial charge in [0.25, 0.3) is 11.1 Å². The minimum atomic E-state index is -0.230. The van der Waals surface area contributed by atoms with Crippen LogP contribution in [-0.2, 0) is 11.3 Å². The molecule has 126 valence electrons. The zero-order chi connectivity index (χ0) is 15.9. The summed E-state index contributed by atoms with van der Waals surface area (Å²) in [5.41, 5.74) is 1.31. The Morgan fingerprint density at radius 2 is 2.09 bits per heavy atom. The number of nitrogens with one attached hydrogen (secondary N) is 2. The Morgan fingerprint density at radius 1 is 1.30 bits per heavy atom. The second kappa shape index (κ2) is 9.54. The van der Waals surface area contributed by atoms with Gasteiger partial charge < -0.3 is 10.6 Å². The number of carbonyl (C=O) groups excluding carboxylic acids is 3. The van der Waals surface area contributed by atoms with Crippen molar-refractivity contribution in [2.45, 2.75) is 13.0 Å². The van der Waals surface area contributed by atoms with Crippen LogP contribution in [0.4, 0.5) is 4.79 Å². The van der Waals surface area contributed by atoms with Gasteiger partial charge in [0.1, 0.15) is 0 Å². The van der Waals surface area contributed by atoms with Crippen molar-refractivity contribution in [3.63, 3.8) is 0 Å². The number of imide groups is 1. The van der Waals surface area contributed by atoms with Crippen molar-refractivity contribution in [1.29, 1.82) is 0 Å². The summed E-state index contributed by atoms with van der Waals surface area (Å²) < 4.78 is 0. The van der Waals surface area contributed by atoms with Crippen LogP contribution < -0.4 is 10.6 Å². The largest absolute Gasteiger partial charge is 0.352 e. The summed E-state index contributed by atoms with van der Waals surface area (Å²) in [4.78, 5) is 36.5. The molecular weight excluding hydrogens is 338 g/mol. The SMILES string of the molecule is CNCCCNC(=O)c1cccc(CN2C(=O)CSC2=O)c1.Cl. The molecule has 2 N–H and O–H groups in total. The van der Waals surface area contributed by atoms with Crippen LogP contribution >= 0.6 is 24.2 Å². The van der Waals surface area contributed by atoms with Crippen molar-refractivity contribution < 1.29 is 14.4 Å². The Morgan fingerprint density at radius 3 is 2.74 bits per heavy atom. The van der Waals surface area contributed by atoms with E-state index in [2.05, 4.69) is 10.6 Å². The Balaban J connectivity index is 0.00000264. The van der Waals surface area contributed by atoms with Crippen LogP contribution in [0.25, 0.3) is 0 Å². The minimum absolute atomic E-state index is 0. The monoisotopic (exact) mass is 357 g/mol. The van der Waals surface area contributed by atoms with Gasteiger partial charge in [-0.3, -0.25) is 19.3 Å². The zero-order valence-corrected chi connectivity index (χ0v) is 14.5. The summed E-state index contributed by atoms with van der Waals surface area (Å²) in [6.45, 7) is 1.66. The fourth-order valence-electron chi connectivity index (χ4n) is 2.10. The first-order valence-corrected chi connectivity index (χ1v) is 8.09. The third-order valence-corrected chi connectivity index (χ3v) is 4.12. The van der Waals surface area contributed by atoms with Gasteiger partial charge in [0.15, 0.2) is 0 Å². The topological polar surface area (TPSA) is 78.5 Å². The summed E-state index contributed by atoms with van der Waals surface area (Å²) in [5.74, 6) is -0.131. The van der Waals surface area contributed by atoms with E-state index in [1.807, 2.05) is 7.05 Å². The lowest BCUT2D eigenvalue weighted by Crippen LogP contribution is -2.28. The average Bonchev–Trinajstić information content (AvgIpc) is 2.83. The predicted octanol–water partition coefficient (Wildman–Crippen LogP) is 1.64. The molecule has 1 aromatic rings. The van der Waals surface area contributed by atoms with Gasteiger partial charge in [-0.2, -0.15) is 0 Å². The fraction of sp³-hybridized carbons (Fsp3) is 0.400. The molecule has 0 spiro atoms. The fourth-order valence-corrected chi connectivity index (χ4v) is 2.82. The van der Waals surface area contributed by atoms with Crippen LogP contribution in [0.5, 0.6) is 0 Å². The summed E-state index contributed by atoms with van der Waals surface area (Å²) in [6, 6.07) is 7.01. The van der Waals surface area contributed by atoms with Crippen LogP contribution in [-0.4, -0.2) is 47.8 Å². The molecule has 0 radical (unpaired) electrons. The van der Waals surface area contributed by atoms with Crippen molar-refractivity contribution in [2.75, 3.05) is 25.9 Å². The lowest BCUT2D eigenvalue weighted by atomic mass is 10.1. The molecule has 1 fully saturated rings. The predicted molar refractivity (Wildman–Crippen MR) is 93.0 cm³/mol. The van der Waals surface area contributed by atoms with Gasteiger partial charge >= 0.3 is 0 Å². The number of rotatable bonds is 7. The van der Waals surface area contributed by atoms with E-state index in [-0.39, 0.29) is 41.8 Å². The van der Waals surface area contributed by atoms with Gasteiger partial charge in [-0.25, -0.2) is 0 Å². The molecule has 6 nitrogen and oxygen atoms in total. The van der Waals surface area contributed by atoms with E-state index < -0.39 is 0 Å². The average molecular weight is 358 g/mol. The molecule has 1 aliphatic rings. The molecule has 0 unspecified atom stereocenters. The number of hydrogen-bond acceptors (Lipinski definition) is 5. The molecule has 0 bridgehead atoms. The van der Waals surface area contributed by atoms with Gasteiger partial charge in [0, 0.05) is 12.1 Å². The van der Waals surface area contributed by atoms with Crippen molar-refractivity contribution in [1.82, 2.24) is 15.5 Å². The number of benzene rings is 1. The van der Waals surface area contributed by atoms with Crippen LogP contribution in [0, 0.1) is 0 Å². The molecule has 1 aliphatic heterocycles. The first-order chi connectivity index (χ1) is 10.6. The van der Waals surface area contributed by atoms with E-state index in [0.29, 0.717) is 12.1 Å². The molecule has 23 heavy (non-hydrogen) atoms. The van der Waals surface area contributed by atoms with E-state index in [1.165, 1.54) is 4.90 Å².